The van der Waals surface area contributed by atoms with Gasteiger partial charge in [-0.25, -0.2) is 4.99 Å². The minimum absolute atomic E-state index is 0.356. The highest BCUT2D eigenvalue weighted by molar-refractivity contribution is 7.09. The number of aromatic nitrogens is 2. The van der Waals surface area contributed by atoms with Gasteiger partial charge in [-0.1, -0.05) is 26.0 Å². The van der Waals surface area contributed by atoms with Crippen molar-refractivity contribution >= 4 is 39.9 Å². The molecule has 2 aliphatic heterocycles. The number of thiazole rings is 1. The maximum absolute atomic E-state index is 4.60. The zero-order chi connectivity index (χ0) is 25.4. The van der Waals surface area contributed by atoms with E-state index in [2.05, 4.69) is 76.0 Å². The van der Waals surface area contributed by atoms with E-state index in [4.69, 9.17) is 0 Å². The lowest BCUT2D eigenvalue weighted by molar-refractivity contribution is 0.206. The smallest absolute Gasteiger partial charge is 0.110 e. The molecule has 192 valence electrons. The SMILES string of the molecule is C/C1=C/C(c2[nH]c3ccc(C4CCN(Cc5cncs5)CC4)cc3c2C(C)C)=C\CCC2CC1=NC=N2. The molecule has 3 aromatic rings. The van der Waals surface area contributed by atoms with Gasteiger partial charge in [-0.15, -0.1) is 11.3 Å². The van der Waals surface area contributed by atoms with E-state index in [1.165, 1.54) is 62.3 Å². The van der Waals surface area contributed by atoms with Gasteiger partial charge >= 0.3 is 0 Å². The van der Waals surface area contributed by atoms with Gasteiger partial charge in [-0.3, -0.25) is 14.9 Å². The third-order valence-corrected chi connectivity index (χ3v) is 9.03. The van der Waals surface area contributed by atoms with Crippen LogP contribution in [0.3, 0.4) is 0 Å². The zero-order valence-electron chi connectivity index (χ0n) is 22.2. The van der Waals surface area contributed by atoms with Crippen LogP contribution in [0.2, 0.25) is 0 Å². The number of nitrogens with zero attached hydrogens (tertiary/aromatic N) is 4. The molecule has 6 rings (SSSR count). The topological polar surface area (TPSA) is 56.6 Å². The van der Waals surface area contributed by atoms with Gasteiger partial charge in [0.15, 0.2) is 0 Å². The Hall–Kier alpha value is -2.83. The minimum atomic E-state index is 0.356. The Bertz CT molecular complexity index is 1380. The van der Waals surface area contributed by atoms with Crippen molar-refractivity contribution in [1.29, 1.82) is 0 Å². The van der Waals surface area contributed by atoms with Crippen molar-refractivity contribution in [2.45, 2.75) is 77.3 Å². The maximum Gasteiger partial charge on any atom is 0.110 e. The Balaban J connectivity index is 1.29. The van der Waals surface area contributed by atoms with Gasteiger partial charge in [0, 0.05) is 46.3 Å². The Kier molecular flexibility index (Phi) is 6.96. The van der Waals surface area contributed by atoms with Crippen molar-refractivity contribution in [3.05, 3.63) is 69.3 Å². The number of fused-ring (bicyclic) bond motifs is 3. The molecule has 1 aliphatic carbocycles. The molecule has 37 heavy (non-hydrogen) atoms. The molecule has 1 aromatic carbocycles. The molecule has 1 saturated heterocycles. The molecule has 2 bridgehead atoms. The van der Waals surface area contributed by atoms with Crippen molar-refractivity contribution in [2.24, 2.45) is 9.98 Å². The van der Waals surface area contributed by atoms with Crippen molar-refractivity contribution in [3.63, 3.8) is 0 Å². The molecule has 0 amide bonds. The van der Waals surface area contributed by atoms with E-state index in [9.17, 15) is 0 Å². The van der Waals surface area contributed by atoms with Crippen LogP contribution < -0.4 is 0 Å². The Morgan fingerprint density at radius 2 is 2.03 bits per heavy atom. The highest BCUT2D eigenvalue weighted by Gasteiger charge is 2.24. The number of rotatable bonds is 5. The fourth-order valence-corrected chi connectivity index (χ4v) is 6.86. The third kappa shape index (κ3) is 5.14. The van der Waals surface area contributed by atoms with E-state index in [1.54, 1.807) is 17.7 Å². The number of allylic oxidation sites excluding steroid dienone is 4. The van der Waals surface area contributed by atoms with E-state index >= 15 is 0 Å². The predicted octanol–water partition coefficient (Wildman–Crippen LogP) is 7.49. The van der Waals surface area contributed by atoms with Crippen LogP contribution in [0.25, 0.3) is 16.5 Å². The first-order valence-electron chi connectivity index (χ1n) is 13.8. The van der Waals surface area contributed by atoms with Crippen LogP contribution in [0.1, 0.15) is 86.4 Å². The van der Waals surface area contributed by atoms with E-state index in [1.807, 2.05) is 11.7 Å². The first kappa shape index (κ1) is 24.5. The van der Waals surface area contributed by atoms with Gasteiger partial charge in [0.25, 0.3) is 0 Å². The maximum atomic E-state index is 4.60. The Morgan fingerprint density at radius 3 is 2.81 bits per heavy atom. The molecule has 0 saturated carbocycles. The molecule has 2 aromatic heterocycles. The molecule has 1 atom stereocenters. The van der Waals surface area contributed by atoms with Crippen LogP contribution in [-0.4, -0.2) is 46.0 Å². The molecule has 1 fully saturated rings. The minimum Gasteiger partial charge on any atom is -0.354 e. The Morgan fingerprint density at radius 1 is 1.16 bits per heavy atom. The zero-order valence-corrected chi connectivity index (χ0v) is 23.0. The lowest BCUT2D eigenvalue weighted by Gasteiger charge is -2.31. The van der Waals surface area contributed by atoms with Crippen LogP contribution in [0.15, 0.2) is 57.6 Å². The second-order valence-electron chi connectivity index (χ2n) is 11.2. The molecule has 5 nitrogen and oxygen atoms in total. The fourth-order valence-electron chi connectivity index (χ4n) is 6.22. The van der Waals surface area contributed by atoms with Gasteiger partial charge in [0.1, 0.15) is 6.34 Å². The number of piperidine rings is 1. The summed E-state index contributed by atoms with van der Waals surface area (Å²) in [7, 11) is 0. The van der Waals surface area contributed by atoms with Gasteiger partial charge in [-0.2, -0.15) is 0 Å². The molecule has 4 heterocycles. The van der Waals surface area contributed by atoms with E-state index in [0.717, 1.165) is 38.9 Å². The monoisotopic (exact) mass is 511 g/mol. The van der Waals surface area contributed by atoms with Gasteiger partial charge in [0.05, 0.1) is 11.6 Å². The molecule has 3 aliphatic rings. The number of likely N-dealkylation sites (tertiary alicyclic amines) is 1. The summed E-state index contributed by atoms with van der Waals surface area (Å²) < 4.78 is 0. The predicted molar refractivity (Wildman–Crippen MR) is 157 cm³/mol. The second-order valence-corrected chi connectivity index (χ2v) is 12.1. The molecule has 0 spiro atoms. The lowest BCUT2D eigenvalue weighted by Crippen LogP contribution is -2.32. The first-order valence-corrected chi connectivity index (χ1v) is 14.7. The quantitative estimate of drug-likeness (QED) is 0.386. The molecule has 0 radical (unpaired) electrons. The van der Waals surface area contributed by atoms with Gasteiger partial charge < -0.3 is 4.98 Å². The summed E-state index contributed by atoms with van der Waals surface area (Å²) in [5, 5.41) is 1.39. The standard InChI is InChI=1S/C31H37N5S/c1-20(2)30-27-14-23(22-9-11-36(12-10-22)17-26-16-32-19-37-26)7-8-28(27)35-31(30)24-5-4-6-25-15-29(21(3)13-24)34-18-33-25/h5,7-8,13-14,16,18-20,22,25,35H,4,6,9-12,15,17H2,1-3H3/b21-13-,24-5+. The number of aromatic amines is 1. The molecule has 6 heteroatoms. The second kappa shape index (κ2) is 10.5. The average molecular weight is 512 g/mol. The fraction of sp³-hybridized carbons (Fsp3) is 0.452. The summed E-state index contributed by atoms with van der Waals surface area (Å²) in [5.41, 5.74) is 11.1. The largest absolute Gasteiger partial charge is 0.354 e. The number of benzene rings is 1. The highest BCUT2D eigenvalue weighted by atomic mass is 32.1. The van der Waals surface area contributed by atoms with Crippen molar-refractivity contribution in [3.8, 4) is 0 Å². The van der Waals surface area contributed by atoms with Crippen LogP contribution in [0.4, 0.5) is 0 Å². The van der Waals surface area contributed by atoms with Crippen molar-refractivity contribution in [1.82, 2.24) is 14.9 Å². The summed E-state index contributed by atoms with van der Waals surface area (Å²) in [6.07, 6.45) is 14.0. The summed E-state index contributed by atoms with van der Waals surface area (Å²) in [6.45, 7) is 10.2. The summed E-state index contributed by atoms with van der Waals surface area (Å²) in [5.74, 6) is 1.06. The van der Waals surface area contributed by atoms with Crippen LogP contribution >= 0.6 is 11.3 Å². The number of hydrogen-bond donors (Lipinski definition) is 1. The third-order valence-electron chi connectivity index (χ3n) is 8.26. The summed E-state index contributed by atoms with van der Waals surface area (Å²) >= 11 is 1.76. The van der Waals surface area contributed by atoms with Crippen molar-refractivity contribution < 1.29 is 0 Å². The van der Waals surface area contributed by atoms with E-state index in [-0.39, 0.29) is 0 Å². The van der Waals surface area contributed by atoms with Crippen molar-refractivity contribution in [2.75, 3.05) is 13.1 Å². The average Bonchev–Trinajstić information content (AvgIpc) is 3.56. The highest BCUT2D eigenvalue weighted by Crippen LogP contribution is 2.38. The molecule has 1 N–H and O–H groups in total. The summed E-state index contributed by atoms with van der Waals surface area (Å²) in [6, 6.07) is 7.53. The van der Waals surface area contributed by atoms with Crippen LogP contribution in [0, 0.1) is 0 Å². The Labute approximate surface area is 224 Å². The first-order chi connectivity index (χ1) is 18.0. The van der Waals surface area contributed by atoms with Crippen LogP contribution in [-0.2, 0) is 6.54 Å². The molecular weight excluding hydrogens is 474 g/mol. The van der Waals surface area contributed by atoms with Gasteiger partial charge in [-0.05, 0) is 98.0 Å². The number of nitrogens with one attached hydrogen (secondary N) is 1. The molecular formula is C31H37N5S. The summed E-state index contributed by atoms with van der Waals surface area (Å²) in [4.78, 5) is 21.2. The molecule has 1 unspecified atom stereocenters. The van der Waals surface area contributed by atoms with Crippen LogP contribution in [0.5, 0.6) is 0 Å². The normalized spacial score (nSPS) is 24.2. The number of H-pyrrole nitrogens is 1. The van der Waals surface area contributed by atoms with E-state index in [0.29, 0.717) is 17.9 Å². The lowest BCUT2D eigenvalue weighted by atomic mass is 9.87. The number of hydrogen-bond acceptors (Lipinski definition) is 5. The van der Waals surface area contributed by atoms with Gasteiger partial charge in [0.2, 0.25) is 0 Å². The number of aliphatic imine (C=N–C) groups is 2. The van der Waals surface area contributed by atoms with E-state index < -0.39 is 0 Å².